The number of methoxy groups -OCH3 is 1. The Morgan fingerprint density at radius 3 is 2.84 bits per heavy atom. The van der Waals surface area contributed by atoms with E-state index in [0.29, 0.717) is 19.4 Å². The van der Waals surface area contributed by atoms with E-state index in [4.69, 9.17) is 4.74 Å². The maximum Gasteiger partial charge on any atom is 0.139 e. The van der Waals surface area contributed by atoms with Gasteiger partial charge in [0.25, 0.3) is 0 Å². The van der Waals surface area contributed by atoms with E-state index in [2.05, 4.69) is 4.98 Å². The van der Waals surface area contributed by atoms with Crippen molar-refractivity contribution >= 4 is 16.7 Å². The van der Waals surface area contributed by atoms with Crippen molar-refractivity contribution in [1.29, 1.82) is 0 Å². The average Bonchev–Trinajstić information content (AvgIpc) is 2.38. The number of Topliss-reactive ketones (excluding diaryl/α,β-unsaturated/α-hetero) is 1. The lowest BCUT2D eigenvalue weighted by Crippen LogP contribution is -2.13. The number of hydrogen-bond donors (Lipinski definition) is 0. The molecule has 1 aromatic heterocycles. The van der Waals surface area contributed by atoms with E-state index in [0.717, 1.165) is 16.6 Å². The summed E-state index contributed by atoms with van der Waals surface area (Å²) in [5, 5.41) is 1.10. The van der Waals surface area contributed by atoms with Crippen molar-refractivity contribution in [2.45, 2.75) is 19.8 Å². The maximum absolute atomic E-state index is 11.9. The number of rotatable bonds is 6. The Balaban J connectivity index is 2.02. The number of nitrogens with zero attached hydrogens (tertiary/aromatic N) is 1. The first kappa shape index (κ1) is 13.7. The van der Waals surface area contributed by atoms with Crippen LogP contribution in [0.4, 0.5) is 0 Å². The van der Waals surface area contributed by atoms with E-state index in [-0.39, 0.29) is 11.7 Å². The Bertz CT molecular complexity index is 565. The second-order valence-corrected chi connectivity index (χ2v) is 4.98. The first-order chi connectivity index (χ1) is 9.19. The monoisotopic (exact) mass is 257 g/mol. The fraction of sp³-hybridized carbons (Fsp3) is 0.375. The molecule has 1 atom stereocenters. The Labute approximate surface area is 113 Å². The van der Waals surface area contributed by atoms with E-state index in [1.54, 1.807) is 7.11 Å². The number of hydrogen-bond acceptors (Lipinski definition) is 3. The van der Waals surface area contributed by atoms with Crippen molar-refractivity contribution in [3.8, 4) is 0 Å². The maximum atomic E-state index is 11.9. The lowest BCUT2D eigenvalue weighted by atomic mass is 10.0. The molecule has 3 heteroatoms. The molecule has 100 valence electrons. The zero-order valence-corrected chi connectivity index (χ0v) is 11.4. The van der Waals surface area contributed by atoms with Crippen LogP contribution in [-0.4, -0.2) is 24.5 Å². The summed E-state index contributed by atoms with van der Waals surface area (Å²) in [7, 11) is 1.66. The zero-order chi connectivity index (χ0) is 13.7. The fourth-order valence-corrected chi connectivity index (χ4v) is 2.21. The SMILES string of the molecule is COCC(C)CC(=O)Cc1ccc2ccccc2n1. The Morgan fingerprint density at radius 1 is 1.26 bits per heavy atom. The van der Waals surface area contributed by atoms with Crippen LogP contribution >= 0.6 is 0 Å². The van der Waals surface area contributed by atoms with Gasteiger partial charge in [0, 0.05) is 37.6 Å². The molecule has 0 radical (unpaired) electrons. The molecule has 2 rings (SSSR count). The quantitative estimate of drug-likeness (QED) is 0.798. The van der Waals surface area contributed by atoms with Crippen molar-refractivity contribution in [3.05, 3.63) is 42.1 Å². The third-order valence-electron chi connectivity index (χ3n) is 3.06. The molecule has 19 heavy (non-hydrogen) atoms. The highest BCUT2D eigenvalue weighted by molar-refractivity contribution is 5.82. The zero-order valence-electron chi connectivity index (χ0n) is 11.4. The highest BCUT2D eigenvalue weighted by Crippen LogP contribution is 2.13. The molecule has 0 amide bonds. The Hall–Kier alpha value is -1.74. The normalized spacial score (nSPS) is 12.5. The number of carbonyl (C=O) groups excluding carboxylic acids is 1. The molecule has 0 aliphatic heterocycles. The molecule has 1 aromatic carbocycles. The second kappa shape index (κ2) is 6.43. The average molecular weight is 257 g/mol. The van der Waals surface area contributed by atoms with Crippen molar-refractivity contribution in [2.24, 2.45) is 5.92 Å². The molecule has 1 unspecified atom stereocenters. The number of pyridine rings is 1. The smallest absolute Gasteiger partial charge is 0.139 e. The van der Waals surface area contributed by atoms with E-state index >= 15 is 0 Å². The van der Waals surface area contributed by atoms with Gasteiger partial charge in [0.2, 0.25) is 0 Å². The highest BCUT2D eigenvalue weighted by Gasteiger charge is 2.10. The van der Waals surface area contributed by atoms with Crippen LogP contribution in [0.3, 0.4) is 0 Å². The van der Waals surface area contributed by atoms with Gasteiger partial charge in [-0.1, -0.05) is 31.2 Å². The van der Waals surface area contributed by atoms with Gasteiger partial charge >= 0.3 is 0 Å². The van der Waals surface area contributed by atoms with E-state index in [1.807, 2.05) is 43.3 Å². The molecule has 0 saturated carbocycles. The molecule has 3 nitrogen and oxygen atoms in total. The third-order valence-corrected chi connectivity index (χ3v) is 3.06. The largest absolute Gasteiger partial charge is 0.384 e. The van der Waals surface area contributed by atoms with Crippen LogP contribution in [0, 0.1) is 5.92 Å². The van der Waals surface area contributed by atoms with Crippen molar-refractivity contribution < 1.29 is 9.53 Å². The number of para-hydroxylation sites is 1. The van der Waals surface area contributed by atoms with Crippen LogP contribution in [0.25, 0.3) is 10.9 Å². The molecule has 0 bridgehead atoms. The topological polar surface area (TPSA) is 39.2 Å². The van der Waals surface area contributed by atoms with Gasteiger partial charge in [0.1, 0.15) is 5.78 Å². The highest BCUT2D eigenvalue weighted by atomic mass is 16.5. The molecule has 0 aliphatic carbocycles. The molecule has 2 aromatic rings. The number of benzene rings is 1. The van der Waals surface area contributed by atoms with Gasteiger partial charge in [-0.25, -0.2) is 0 Å². The van der Waals surface area contributed by atoms with Gasteiger partial charge in [-0.05, 0) is 18.1 Å². The van der Waals surface area contributed by atoms with Crippen molar-refractivity contribution in [3.63, 3.8) is 0 Å². The summed E-state index contributed by atoms with van der Waals surface area (Å²) in [5.74, 6) is 0.477. The molecule has 1 heterocycles. The van der Waals surface area contributed by atoms with Crippen LogP contribution in [0.1, 0.15) is 19.0 Å². The summed E-state index contributed by atoms with van der Waals surface area (Å²) in [6.07, 6.45) is 0.946. The lowest BCUT2D eigenvalue weighted by molar-refractivity contribution is -0.119. The minimum atomic E-state index is 0.215. The molecule has 0 N–H and O–H groups in total. The third kappa shape index (κ3) is 3.86. The number of fused-ring (bicyclic) bond motifs is 1. The van der Waals surface area contributed by atoms with Crippen LogP contribution in [0.5, 0.6) is 0 Å². The summed E-state index contributed by atoms with van der Waals surface area (Å²) >= 11 is 0. The minimum Gasteiger partial charge on any atom is -0.384 e. The molecular weight excluding hydrogens is 238 g/mol. The van der Waals surface area contributed by atoms with Crippen LogP contribution in [0.2, 0.25) is 0 Å². The van der Waals surface area contributed by atoms with Gasteiger partial charge in [-0.2, -0.15) is 0 Å². The molecule has 0 spiro atoms. The summed E-state index contributed by atoms with van der Waals surface area (Å²) in [4.78, 5) is 16.5. The van der Waals surface area contributed by atoms with Crippen LogP contribution < -0.4 is 0 Å². The van der Waals surface area contributed by atoms with Gasteiger partial charge < -0.3 is 4.74 Å². The van der Waals surface area contributed by atoms with Crippen molar-refractivity contribution in [1.82, 2.24) is 4.98 Å². The van der Waals surface area contributed by atoms with Gasteiger partial charge in [-0.15, -0.1) is 0 Å². The Kier molecular flexibility index (Phi) is 4.63. The molecule has 0 aliphatic rings. The molecule has 0 saturated heterocycles. The standard InChI is InChI=1S/C16H19NO2/c1-12(11-19-2)9-15(18)10-14-8-7-13-5-3-4-6-16(13)17-14/h3-8,12H,9-11H2,1-2H3. The first-order valence-corrected chi connectivity index (χ1v) is 6.54. The van der Waals surface area contributed by atoms with Gasteiger partial charge in [0.05, 0.1) is 5.52 Å². The van der Waals surface area contributed by atoms with Crippen LogP contribution in [-0.2, 0) is 16.0 Å². The summed E-state index contributed by atoms with van der Waals surface area (Å²) in [6, 6.07) is 11.9. The van der Waals surface area contributed by atoms with E-state index in [9.17, 15) is 4.79 Å². The predicted molar refractivity (Wildman–Crippen MR) is 76.1 cm³/mol. The Morgan fingerprint density at radius 2 is 2.05 bits per heavy atom. The first-order valence-electron chi connectivity index (χ1n) is 6.54. The summed E-state index contributed by atoms with van der Waals surface area (Å²) in [5.41, 5.74) is 1.78. The lowest BCUT2D eigenvalue weighted by Gasteiger charge is -2.09. The molecule has 0 fully saturated rings. The van der Waals surface area contributed by atoms with Gasteiger partial charge in [0.15, 0.2) is 0 Å². The summed E-state index contributed by atoms with van der Waals surface area (Å²) < 4.78 is 5.04. The predicted octanol–water partition coefficient (Wildman–Crippen LogP) is 3.02. The van der Waals surface area contributed by atoms with E-state index < -0.39 is 0 Å². The number of ether oxygens (including phenoxy) is 1. The fourth-order valence-electron chi connectivity index (χ4n) is 2.21. The van der Waals surface area contributed by atoms with Crippen molar-refractivity contribution in [2.75, 3.05) is 13.7 Å². The summed E-state index contributed by atoms with van der Waals surface area (Å²) in [6.45, 7) is 2.64. The van der Waals surface area contributed by atoms with Gasteiger partial charge in [-0.3, -0.25) is 9.78 Å². The number of aromatic nitrogens is 1. The number of carbonyl (C=O) groups is 1. The number of ketones is 1. The minimum absolute atomic E-state index is 0.215. The van der Waals surface area contributed by atoms with Crippen LogP contribution in [0.15, 0.2) is 36.4 Å². The molecular formula is C16H19NO2. The van der Waals surface area contributed by atoms with E-state index in [1.165, 1.54) is 0 Å². The second-order valence-electron chi connectivity index (χ2n) is 4.98.